The van der Waals surface area contributed by atoms with Gasteiger partial charge in [-0.25, -0.2) is 4.98 Å². The number of likely N-dealkylation sites (tertiary alicyclic amines) is 1. The molecule has 1 aliphatic heterocycles. The fourth-order valence-corrected chi connectivity index (χ4v) is 4.86. The third kappa shape index (κ3) is 4.45. The lowest BCUT2D eigenvalue weighted by molar-refractivity contribution is -0.132. The van der Waals surface area contributed by atoms with Crippen molar-refractivity contribution in [3.8, 4) is 5.19 Å². The Hall–Kier alpha value is -2.40. The van der Waals surface area contributed by atoms with E-state index in [9.17, 15) is 4.79 Å². The minimum atomic E-state index is 0.129. The Balaban J connectivity index is 1.32. The number of rotatable bonds is 5. The van der Waals surface area contributed by atoms with Crippen molar-refractivity contribution in [2.45, 2.75) is 52.6 Å². The van der Waals surface area contributed by atoms with Crippen LogP contribution in [0.2, 0.25) is 0 Å². The number of fused-ring (bicyclic) bond motifs is 1. The van der Waals surface area contributed by atoms with Crippen molar-refractivity contribution in [3.05, 3.63) is 58.7 Å². The van der Waals surface area contributed by atoms with Crippen LogP contribution < -0.4 is 4.74 Å². The van der Waals surface area contributed by atoms with Gasteiger partial charge in [0.1, 0.15) is 6.10 Å². The maximum atomic E-state index is 12.7. The quantitative estimate of drug-likeness (QED) is 0.591. The Kier molecular flexibility index (Phi) is 5.86. The van der Waals surface area contributed by atoms with Gasteiger partial charge in [-0.1, -0.05) is 54.7 Å². The molecule has 1 saturated heterocycles. The van der Waals surface area contributed by atoms with Gasteiger partial charge in [0.15, 0.2) is 0 Å². The van der Waals surface area contributed by atoms with Gasteiger partial charge in [-0.3, -0.25) is 4.79 Å². The lowest BCUT2D eigenvalue weighted by Crippen LogP contribution is -2.42. The predicted molar refractivity (Wildman–Crippen MR) is 119 cm³/mol. The number of nitrogens with zero attached hydrogens (tertiary/aromatic N) is 2. The number of aryl methyl sites for hydroxylation is 3. The summed E-state index contributed by atoms with van der Waals surface area (Å²) in [5.74, 6) is 0.207. The van der Waals surface area contributed by atoms with Gasteiger partial charge in [-0.2, -0.15) is 0 Å². The van der Waals surface area contributed by atoms with Crippen LogP contribution in [0.4, 0.5) is 0 Å². The van der Waals surface area contributed by atoms with E-state index in [2.05, 4.69) is 57.2 Å². The van der Waals surface area contributed by atoms with Gasteiger partial charge in [0, 0.05) is 25.9 Å². The average Bonchev–Trinajstić information content (AvgIpc) is 3.17. The van der Waals surface area contributed by atoms with E-state index < -0.39 is 0 Å². The normalized spacial score (nSPS) is 15.1. The maximum absolute atomic E-state index is 12.7. The molecule has 0 atom stereocenters. The van der Waals surface area contributed by atoms with E-state index in [0.29, 0.717) is 6.42 Å². The number of thiazole rings is 1. The van der Waals surface area contributed by atoms with Crippen LogP contribution in [-0.4, -0.2) is 35.0 Å². The molecule has 2 aromatic carbocycles. The van der Waals surface area contributed by atoms with Gasteiger partial charge in [0.25, 0.3) is 5.19 Å². The Labute approximate surface area is 176 Å². The fraction of sp³-hybridized carbons (Fsp3) is 0.417. The van der Waals surface area contributed by atoms with Crippen molar-refractivity contribution in [2.24, 2.45) is 0 Å². The van der Waals surface area contributed by atoms with Crippen LogP contribution in [0.1, 0.15) is 42.0 Å². The standard InChI is InChI=1S/C24H28N2O2S/c1-4-18-7-9-19(10-8-18)15-21(27)26-13-11-20(12-14-26)28-24-25-22-16(2)5-6-17(3)23(22)29-24/h5-10,20H,4,11-15H2,1-3H3. The minimum Gasteiger partial charge on any atom is -0.467 e. The monoisotopic (exact) mass is 408 g/mol. The summed E-state index contributed by atoms with van der Waals surface area (Å²) in [5, 5.41) is 0.748. The Morgan fingerprint density at radius 3 is 2.38 bits per heavy atom. The van der Waals surface area contributed by atoms with Gasteiger partial charge in [0.2, 0.25) is 5.91 Å². The summed E-state index contributed by atoms with van der Waals surface area (Å²) >= 11 is 1.63. The van der Waals surface area contributed by atoms with Crippen LogP contribution in [0.3, 0.4) is 0 Å². The van der Waals surface area contributed by atoms with Gasteiger partial charge < -0.3 is 9.64 Å². The molecule has 5 heteroatoms. The second kappa shape index (κ2) is 8.54. The van der Waals surface area contributed by atoms with E-state index >= 15 is 0 Å². The molecule has 0 N–H and O–H groups in total. The van der Waals surface area contributed by atoms with E-state index in [0.717, 1.165) is 48.6 Å². The number of carbonyl (C=O) groups is 1. The number of aromatic nitrogens is 1. The summed E-state index contributed by atoms with van der Waals surface area (Å²) in [6, 6.07) is 12.6. The third-order valence-electron chi connectivity index (χ3n) is 5.77. The first kappa shape index (κ1) is 19.9. The number of benzene rings is 2. The smallest absolute Gasteiger partial charge is 0.274 e. The van der Waals surface area contributed by atoms with E-state index in [4.69, 9.17) is 9.72 Å². The van der Waals surface area contributed by atoms with E-state index in [1.165, 1.54) is 21.4 Å². The van der Waals surface area contributed by atoms with Gasteiger partial charge in [0.05, 0.1) is 16.6 Å². The summed E-state index contributed by atoms with van der Waals surface area (Å²) in [6.45, 7) is 7.84. The Morgan fingerprint density at radius 2 is 1.72 bits per heavy atom. The molecule has 1 amide bonds. The lowest BCUT2D eigenvalue weighted by Gasteiger charge is -2.31. The van der Waals surface area contributed by atoms with E-state index in [-0.39, 0.29) is 12.0 Å². The van der Waals surface area contributed by atoms with E-state index in [1.807, 2.05) is 4.90 Å². The number of piperidine rings is 1. The first-order valence-electron chi connectivity index (χ1n) is 10.4. The van der Waals surface area contributed by atoms with Crippen molar-refractivity contribution in [1.29, 1.82) is 0 Å². The minimum absolute atomic E-state index is 0.129. The Morgan fingerprint density at radius 1 is 1.07 bits per heavy atom. The van der Waals surface area contributed by atoms with Gasteiger partial charge in [-0.05, 0) is 42.5 Å². The van der Waals surface area contributed by atoms with Crippen molar-refractivity contribution in [3.63, 3.8) is 0 Å². The second-order valence-electron chi connectivity index (χ2n) is 7.90. The molecule has 29 heavy (non-hydrogen) atoms. The van der Waals surface area contributed by atoms with Crippen LogP contribution in [0.15, 0.2) is 36.4 Å². The highest BCUT2D eigenvalue weighted by molar-refractivity contribution is 7.20. The molecule has 2 heterocycles. The summed E-state index contributed by atoms with van der Waals surface area (Å²) in [4.78, 5) is 19.3. The molecule has 0 unspecified atom stereocenters. The number of carbonyl (C=O) groups excluding carboxylic acids is 1. The topological polar surface area (TPSA) is 42.4 Å². The maximum Gasteiger partial charge on any atom is 0.274 e. The van der Waals surface area contributed by atoms with Crippen LogP contribution in [0, 0.1) is 13.8 Å². The molecular weight excluding hydrogens is 380 g/mol. The van der Waals surface area contributed by atoms with Crippen molar-refractivity contribution in [1.82, 2.24) is 9.88 Å². The van der Waals surface area contributed by atoms with Crippen LogP contribution >= 0.6 is 11.3 Å². The number of hydrogen-bond acceptors (Lipinski definition) is 4. The molecule has 152 valence electrons. The van der Waals surface area contributed by atoms with Gasteiger partial charge >= 0.3 is 0 Å². The van der Waals surface area contributed by atoms with Crippen LogP contribution in [0.5, 0.6) is 5.19 Å². The largest absolute Gasteiger partial charge is 0.467 e. The summed E-state index contributed by atoms with van der Waals surface area (Å²) in [5.41, 5.74) is 5.87. The average molecular weight is 409 g/mol. The second-order valence-corrected chi connectivity index (χ2v) is 8.86. The molecule has 3 aromatic rings. The fourth-order valence-electron chi connectivity index (χ4n) is 3.83. The molecule has 0 bridgehead atoms. The first-order chi connectivity index (χ1) is 14.0. The van der Waals surface area contributed by atoms with Crippen molar-refractivity contribution in [2.75, 3.05) is 13.1 Å². The highest BCUT2D eigenvalue weighted by Crippen LogP contribution is 2.33. The molecule has 0 spiro atoms. The molecule has 4 rings (SSSR count). The molecule has 0 radical (unpaired) electrons. The molecule has 0 aliphatic carbocycles. The zero-order valence-electron chi connectivity index (χ0n) is 17.4. The SMILES string of the molecule is CCc1ccc(CC(=O)N2CCC(Oc3nc4c(C)ccc(C)c4s3)CC2)cc1. The van der Waals surface area contributed by atoms with Crippen molar-refractivity contribution < 1.29 is 9.53 Å². The summed E-state index contributed by atoms with van der Waals surface area (Å²) in [7, 11) is 0. The van der Waals surface area contributed by atoms with Crippen LogP contribution in [-0.2, 0) is 17.6 Å². The summed E-state index contributed by atoms with van der Waals surface area (Å²) < 4.78 is 7.40. The molecule has 4 nitrogen and oxygen atoms in total. The Bertz CT molecular complexity index is 963. The number of hydrogen-bond donors (Lipinski definition) is 0. The number of amides is 1. The van der Waals surface area contributed by atoms with Crippen LogP contribution in [0.25, 0.3) is 10.2 Å². The first-order valence-corrected chi connectivity index (χ1v) is 11.2. The number of ether oxygens (including phenoxy) is 1. The third-order valence-corrected chi connectivity index (χ3v) is 6.85. The predicted octanol–water partition coefficient (Wildman–Crippen LogP) is 5.09. The molecule has 1 aliphatic rings. The molecule has 1 fully saturated rings. The lowest BCUT2D eigenvalue weighted by atomic mass is 10.0. The van der Waals surface area contributed by atoms with E-state index in [1.54, 1.807) is 11.3 Å². The molecular formula is C24H28N2O2S. The molecule has 1 aromatic heterocycles. The summed E-state index contributed by atoms with van der Waals surface area (Å²) in [6.07, 6.45) is 3.34. The van der Waals surface area contributed by atoms with Gasteiger partial charge in [-0.15, -0.1) is 0 Å². The molecule has 0 saturated carbocycles. The highest BCUT2D eigenvalue weighted by atomic mass is 32.1. The van der Waals surface area contributed by atoms with Crippen molar-refractivity contribution >= 4 is 27.5 Å². The zero-order chi connectivity index (χ0) is 20.4. The highest BCUT2D eigenvalue weighted by Gasteiger charge is 2.25. The zero-order valence-corrected chi connectivity index (χ0v) is 18.2.